The number of hydrogen-bond acceptors (Lipinski definition) is 11. The van der Waals surface area contributed by atoms with Crippen molar-refractivity contribution in [2.45, 2.75) is 94.5 Å². The molecule has 11 N–H and O–H groups in total. The summed E-state index contributed by atoms with van der Waals surface area (Å²) in [7, 11) is 0. The Kier molecular flexibility index (Phi) is 17.1. The minimum Gasteiger partial charge on any atom is -0.481 e. The van der Waals surface area contributed by atoms with E-state index in [-0.39, 0.29) is 25.0 Å². The van der Waals surface area contributed by atoms with E-state index in [0.717, 1.165) is 0 Å². The van der Waals surface area contributed by atoms with Crippen molar-refractivity contribution >= 4 is 66.0 Å². The molecule has 20 heteroatoms. The molecule has 0 aliphatic carbocycles. The van der Waals surface area contributed by atoms with Crippen LogP contribution < -0.4 is 37.6 Å². The molecular weight excluding hydrogens is 634 g/mol. The van der Waals surface area contributed by atoms with E-state index in [1.165, 1.54) is 6.92 Å². The van der Waals surface area contributed by atoms with Crippen molar-refractivity contribution in [2.24, 2.45) is 5.73 Å². The third-order valence-electron chi connectivity index (χ3n) is 6.73. The van der Waals surface area contributed by atoms with Crippen molar-refractivity contribution < 1.29 is 58.5 Å². The number of thiol groups is 1. The maximum absolute atomic E-state index is 13.0. The summed E-state index contributed by atoms with van der Waals surface area (Å²) >= 11 is 4.01. The summed E-state index contributed by atoms with van der Waals surface area (Å²) < 4.78 is 0. The van der Waals surface area contributed by atoms with Crippen LogP contribution in [0.25, 0.3) is 0 Å². The molecule has 0 spiro atoms. The Hall–Kier alpha value is -4.46. The van der Waals surface area contributed by atoms with Gasteiger partial charge < -0.3 is 53.0 Å². The normalized spacial score (nSPS) is 17.2. The van der Waals surface area contributed by atoms with Crippen molar-refractivity contribution in [3.63, 3.8) is 0 Å². The Labute approximate surface area is 268 Å². The summed E-state index contributed by atoms with van der Waals surface area (Å²) in [4.78, 5) is 109. The Morgan fingerprint density at radius 1 is 0.804 bits per heavy atom. The molecule has 0 radical (unpaired) electrons. The first-order valence-electron chi connectivity index (χ1n) is 14.4. The lowest BCUT2D eigenvalue weighted by Crippen LogP contribution is -2.59. The molecule has 258 valence electrons. The zero-order chi connectivity index (χ0) is 35.0. The average Bonchev–Trinajstić information content (AvgIpc) is 3.42. The molecule has 0 aromatic rings. The van der Waals surface area contributed by atoms with Gasteiger partial charge in [0.25, 0.3) is 0 Å². The highest BCUT2D eigenvalue weighted by Crippen LogP contribution is 2.09. The smallest absolute Gasteiger partial charge is 0.326 e. The number of amides is 6. The fourth-order valence-corrected chi connectivity index (χ4v) is 4.43. The van der Waals surface area contributed by atoms with Gasteiger partial charge in [-0.2, -0.15) is 12.6 Å². The van der Waals surface area contributed by atoms with E-state index in [9.17, 15) is 53.4 Å². The number of nitrogens with one attached hydrogen (secondary N) is 6. The first kappa shape index (κ1) is 39.6. The molecule has 0 aromatic carbocycles. The van der Waals surface area contributed by atoms with E-state index < -0.39 is 109 Å². The molecule has 1 aliphatic heterocycles. The fraction of sp³-hybridized carbons (Fsp3) is 0.654. The van der Waals surface area contributed by atoms with Gasteiger partial charge in [0, 0.05) is 18.6 Å². The molecule has 19 nitrogen and oxygen atoms in total. The predicted molar refractivity (Wildman–Crippen MR) is 160 cm³/mol. The number of rotatable bonds is 21. The number of carboxylic acid groups (broad SMARTS) is 3. The zero-order valence-corrected chi connectivity index (χ0v) is 26.0. The van der Waals surface area contributed by atoms with Gasteiger partial charge in [-0.1, -0.05) is 0 Å². The van der Waals surface area contributed by atoms with Gasteiger partial charge in [0.15, 0.2) is 0 Å². The van der Waals surface area contributed by atoms with Gasteiger partial charge >= 0.3 is 17.9 Å². The van der Waals surface area contributed by atoms with Gasteiger partial charge in [0.05, 0.1) is 6.42 Å². The van der Waals surface area contributed by atoms with E-state index in [1.807, 2.05) is 0 Å². The van der Waals surface area contributed by atoms with E-state index in [4.69, 9.17) is 10.8 Å². The van der Waals surface area contributed by atoms with Crippen LogP contribution in [-0.4, -0.2) is 117 Å². The highest BCUT2D eigenvalue weighted by Gasteiger charge is 2.34. The summed E-state index contributed by atoms with van der Waals surface area (Å²) in [6.45, 7) is 1.60. The van der Waals surface area contributed by atoms with Gasteiger partial charge in [-0.3, -0.25) is 38.4 Å². The minimum atomic E-state index is -1.80. The Morgan fingerprint density at radius 3 is 1.91 bits per heavy atom. The van der Waals surface area contributed by atoms with Crippen LogP contribution in [0.2, 0.25) is 0 Å². The average molecular weight is 676 g/mol. The van der Waals surface area contributed by atoms with Gasteiger partial charge in [-0.15, -0.1) is 0 Å². The second-order valence-corrected chi connectivity index (χ2v) is 10.8. The maximum Gasteiger partial charge on any atom is 0.326 e. The molecule has 0 unspecified atom stereocenters. The molecule has 1 fully saturated rings. The SMILES string of the molecule is C[C@@H](NC(=O)[C@H](CS)NC(=O)[C@H](CC(=O)O)NC(=O)[C@H](CCC(=O)O)NC(=O)[C@@H]1CCC(=O)N1)C(=O)N[C@@H](CCCCN)C(=O)O. The summed E-state index contributed by atoms with van der Waals surface area (Å²) in [5, 5.41) is 41.4. The first-order chi connectivity index (χ1) is 21.6. The molecule has 46 heavy (non-hydrogen) atoms. The lowest BCUT2D eigenvalue weighted by Gasteiger charge is -2.25. The van der Waals surface area contributed by atoms with Crippen LogP contribution in [0.3, 0.4) is 0 Å². The summed E-state index contributed by atoms with van der Waals surface area (Å²) in [6, 6.07) is -8.26. The van der Waals surface area contributed by atoms with Crippen LogP contribution in [0.4, 0.5) is 0 Å². The van der Waals surface area contributed by atoms with Gasteiger partial charge in [-0.25, -0.2) is 4.79 Å². The number of carbonyl (C=O) groups excluding carboxylic acids is 6. The molecule has 1 heterocycles. The minimum absolute atomic E-state index is 0.0619. The number of carbonyl (C=O) groups is 9. The Bertz CT molecular complexity index is 1170. The molecular formula is C26H41N7O12S. The van der Waals surface area contributed by atoms with Gasteiger partial charge in [0.2, 0.25) is 35.4 Å². The molecule has 0 aromatic heterocycles. The highest BCUT2D eigenvalue weighted by molar-refractivity contribution is 7.80. The van der Waals surface area contributed by atoms with Gasteiger partial charge in [-0.05, 0) is 45.6 Å². The van der Waals surface area contributed by atoms with Crippen LogP contribution in [0.1, 0.15) is 58.3 Å². The third kappa shape index (κ3) is 14.1. The second-order valence-electron chi connectivity index (χ2n) is 10.5. The molecule has 6 atom stereocenters. The third-order valence-corrected chi connectivity index (χ3v) is 7.10. The first-order valence-corrected chi connectivity index (χ1v) is 15.0. The van der Waals surface area contributed by atoms with Crippen LogP contribution in [-0.2, 0) is 43.2 Å². The van der Waals surface area contributed by atoms with Crippen molar-refractivity contribution in [3.8, 4) is 0 Å². The molecule has 1 saturated heterocycles. The summed E-state index contributed by atoms with van der Waals surface area (Å²) in [6.07, 6.45) is -0.736. The molecule has 0 bridgehead atoms. The van der Waals surface area contributed by atoms with Crippen molar-refractivity contribution in [1.29, 1.82) is 0 Å². The number of nitrogens with two attached hydrogens (primary N) is 1. The maximum atomic E-state index is 13.0. The molecule has 1 rings (SSSR count). The Balaban J connectivity index is 2.94. The number of carboxylic acids is 3. The van der Waals surface area contributed by atoms with E-state index in [2.05, 4.69) is 44.5 Å². The fourth-order valence-electron chi connectivity index (χ4n) is 4.17. The highest BCUT2D eigenvalue weighted by atomic mass is 32.1. The largest absolute Gasteiger partial charge is 0.481 e. The summed E-state index contributed by atoms with van der Waals surface area (Å²) in [5.74, 6) is -9.68. The topological polar surface area (TPSA) is 313 Å². The lowest BCUT2D eigenvalue weighted by molar-refractivity contribution is -0.142. The zero-order valence-electron chi connectivity index (χ0n) is 25.1. The van der Waals surface area contributed by atoms with Crippen LogP contribution >= 0.6 is 12.6 Å². The van der Waals surface area contributed by atoms with E-state index in [1.54, 1.807) is 0 Å². The van der Waals surface area contributed by atoms with Crippen molar-refractivity contribution in [3.05, 3.63) is 0 Å². The van der Waals surface area contributed by atoms with E-state index in [0.29, 0.717) is 19.4 Å². The number of hydrogen-bond donors (Lipinski definition) is 11. The number of aliphatic carboxylic acids is 3. The van der Waals surface area contributed by atoms with E-state index >= 15 is 0 Å². The Morgan fingerprint density at radius 2 is 1.39 bits per heavy atom. The quantitative estimate of drug-likeness (QED) is 0.0411. The van der Waals surface area contributed by atoms with Crippen molar-refractivity contribution in [2.75, 3.05) is 12.3 Å². The predicted octanol–water partition coefficient (Wildman–Crippen LogP) is -3.81. The molecule has 0 saturated carbocycles. The van der Waals surface area contributed by atoms with Crippen LogP contribution in [0, 0.1) is 0 Å². The number of unbranched alkanes of at least 4 members (excludes halogenated alkanes) is 1. The second kappa shape index (κ2) is 19.8. The standard InChI is InChI=1S/C26H41N7O12S/c1-12(21(39)31-15(26(44)45)4-2-3-9-27)28-25(43)17(11-46)33-24(42)16(10-20(37)38)32-23(41)14(6-8-19(35)36)30-22(40)13-5-7-18(34)29-13/h12-17,46H,2-11,27H2,1H3,(H,28,43)(H,29,34)(H,30,40)(H,31,39)(H,32,41)(H,33,42)(H,35,36)(H,37,38)(H,44,45)/t12-,13+,14+,15+,16+,17+/m1/s1. The summed E-state index contributed by atoms with van der Waals surface area (Å²) in [5.41, 5.74) is 5.40. The molecule has 6 amide bonds. The monoisotopic (exact) mass is 675 g/mol. The van der Waals surface area contributed by atoms with Crippen molar-refractivity contribution in [1.82, 2.24) is 31.9 Å². The van der Waals surface area contributed by atoms with Crippen LogP contribution in [0.15, 0.2) is 0 Å². The molecule has 1 aliphatic rings. The van der Waals surface area contributed by atoms with Crippen LogP contribution in [0.5, 0.6) is 0 Å². The van der Waals surface area contributed by atoms with Gasteiger partial charge in [0.1, 0.15) is 36.3 Å². The lowest BCUT2D eigenvalue weighted by atomic mass is 10.1.